The fourth-order valence-electron chi connectivity index (χ4n) is 2.93. The van der Waals surface area contributed by atoms with E-state index < -0.39 is 23.1 Å². The molecule has 6 heteroatoms. The van der Waals surface area contributed by atoms with E-state index >= 15 is 0 Å². The standard InChI is InChI=1S/C24H26F2N2OS/c1-5-8-17(22(30)6-2)15-21(28(3)4)16-11-13-18(14-12-16)27-24(29)23-19(25)9-7-10-20(23)26/h7-15H,5-6H2,1-4H3,(H,27,29)/b17-8+,21-15-. The zero-order valence-electron chi connectivity index (χ0n) is 17.6. The third-order valence-corrected chi connectivity index (χ3v) is 4.99. The average molecular weight is 429 g/mol. The molecule has 2 rings (SSSR count). The van der Waals surface area contributed by atoms with E-state index in [1.807, 2.05) is 38.1 Å². The molecule has 0 aliphatic carbocycles. The van der Waals surface area contributed by atoms with Crippen molar-refractivity contribution in [3.63, 3.8) is 0 Å². The van der Waals surface area contributed by atoms with Gasteiger partial charge in [0.1, 0.15) is 17.2 Å². The molecule has 0 aliphatic rings. The molecule has 0 aromatic heterocycles. The van der Waals surface area contributed by atoms with Crippen LogP contribution in [-0.4, -0.2) is 29.8 Å². The van der Waals surface area contributed by atoms with Crippen molar-refractivity contribution < 1.29 is 13.6 Å². The minimum Gasteiger partial charge on any atom is -0.377 e. The lowest BCUT2D eigenvalue weighted by Gasteiger charge is -2.19. The Hall–Kier alpha value is -2.86. The topological polar surface area (TPSA) is 32.3 Å². The van der Waals surface area contributed by atoms with E-state index in [2.05, 4.69) is 24.4 Å². The first-order chi connectivity index (χ1) is 14.3. The molecule has 2 aromatic carbocycles. The van der Waals surface area contributed by atoms with Crippen LogP contribution in [0.5, 0.6) is 0 Å². The third-order valence-electron chi connectivity index (χ3n) is 4.47. The molecule has 158 valence electrons. The maximum atomic E-state index is 13.8. The number of allylic oxidation sites excluding steroid dienone is 3. The maximum Gasteiger partial charge on any atom is 0.261 e. The lowest BCUT2D eigenvalue weighted by atomic mass is 10.0. The normalized spacial score (nSPS) is 11.9. The lowest BCUT2D eigenvalue weighted by Crippen LogP contribution is -2.16. The summed E-state index contributed by atoms with van der Waals surface area (Å²) in [6, 6.07) is 10.4. The van der Waals surface area contributed by atoms with Gasteiger partial charge in [-0.25, -0.2) is 8.78 Å². The second-order valence-corrected chi connectivity index (χ2v) is 7.39. The van der Waals surface area contributed by atoms with Crippen molar-refractivity contribution in [2.24, 2.45) is 0 Å². The van der Waals surface area contributed by atoms with Gasteiger partial charge in [-0.1, -0.05) is 50.3 Å². The molecule has 0 bridgehead atoms. The van der Waals surface area contributed by atoms with Gasteiger partial charge in [-0.2, -0.15) is 0 Å². The van der Waals surface area contributed by atoms with E-state index in [1.165, 1.54) is 6.07 Å². The molecule has 0 aliphatic heterocycles. The molecule has 0 radical (unpaired) electrons. The van der Waals surface area contributed by atoms with Crippen molar-refractivity contribution in [2.75, 3.05) is 19.4 Å². The fourth-order valence-corrected chi connectivity index (χ4v) is 3.07. The summed E-state index contributed by atoms with van der Waals surface area (Å²) in [6.45, 7) is 4.10. The smallest absolute Gasteiger partial charge is 0.261 e. The van der Waals surface area contributed by atoms with Gasteiger partial charge in [-0.15, -0.1) is 0 Å². The van der Waals surface area contributed by atoms with Crippen molar-refractivity contribution in [2.45, 2.75) is 26.7 Å². The Morgan fingerprint density at radius 1 is 1.07 bits per heavy atom. The van der Waals surface area contributed by atoms with Crippen LogP contribution < -0.4 is 5.32 Å². The van der Waals surface area contributed by atoms with E-state index in [4.69, 9.17) is 12.2 Å². The summed E-state index contributed by atoms with van der Waals surface area (Å²) >= 11 is 5.49. The minimum atomic E-state index is -0.899. The maximum absolute atomic E-state index is 13.8. The molecule has 1 N–H and O–H groups in total. The SMILES string of the molecule is CC/C=C(\C=C(\c1ccc(NC(=O)c2c(F)cccc2F)cc1)N(C)C)C(=S)CC. The Labute approximate surface area is 182 Å². The summed E-state index contributed by atoms with van der Waals surface area (Å²) < 4.78 is 27.6. The number of carbonyl (C=O) groups is 1. The van der Waals surface area contributed by atoms with E-state index in [9.17, 15) is 13.6 Å². The van der Waals surface area contributed by atoms with Crippen LogP contribution >= 0.6 is 12.2 Å². The number of benzene rings is 2. The molecular weight excluding hydrogens is 402 g/mol. The molecule has 1 amide bonds. The monoisotopic (exact) mass is 428 g/mol. The molecule has 0 spiro atoms. The minimum absolute atomic E-state index is 0.443. The number of amides is 1. The highest BCUT2D eigenvalue weighted by molar-refractivity contribution is 7.80. The van der Waals surface area contributed by atoms with Crippen molar-refractivity contribution in [1.29, 1.82) is 0 Å². The number of halogens is 2. The van der Waals surface area contributed by atoms with Crippen molar-refractivity contribution in [3.05, 3.63) is 83.0 Å². The molecule has 0 saturated carbocycles. The number of nitrogens with zero attached hydrogens (tertiary/aromatic N) is 1. The van der Waals surface area contributed by atoms with Crippen LogP contribution in [0.25, 0.3) is 5.70 Å². The summed E-state index contributed by atoms with van der Waals surface area (Å²) in [5, 5.41) is 2.54. The van der Waals surface area contributed by atoms with E-state index in [-0.39, 0.29) is 0 Å². The molecule has 0 heterocycles. The van der Waals surface area contributed by atoms with Crippen LogP contribution in [0.1, 0.15) is 42.6 Å². The number of hydrogen-bond donors (Lipinski definition) is 1. The summed E-state index contributed by atoms with van der Waals surface area (Å²) in [5.74, 6) is -2.63. The van der Waals surface area contributed by atoms with E-state index in [0.717, 1.165) is 46.7 Å². The Bertz CT molecular complexity index is 959. The summed E-state index contributed by atoms with van der Waals surface area (Å²) in [4.78, 5) is 15.2. The van der Waals surface area contributed by atoms with Gasteiger partial charge in [0, 0.05) is 30.3 Å². The number of rotatable bonds is 8. The number of anilines is 1. The number of hydrogen-bond acceptors (Lipinski definition) is 3. The highest BCUT2D eigenvalue weighted by atomic mass is 32.1. The van der Waals surface area contributed by atoms with Gasteiger partial charge >= 0.3 is 0 Å². The molecule has 0 unspecified atom stereocenters. The Balaban J connectivity index is 2.30. The second-order valence-electron chi connectivity index (χ2n) is 6.90. The first kappa shape index (κ1) is 23.4. The highest BCUT2D eigenvalue weighted by Crippen LogP contribution is 2.23. The lowest BCUT2D eigenvalue weighted by molar-refractivity contribution is 0.101. The van der Waals surface area contributed by atoms with Gasteiger partial charge in [0.15, 0.2) is 0 Å². The zero-order chi connectivity index (χ0) is 22.3. The number of nitrogens with one attached hydrogen (secondary N) is 1. The molecule has 0 fully saturated rings. The van der Waals surface area contributed by atoms with Crippen LogP contribution in [-0.2, 0) is 0 Å². The molecule has 2 aromatic rings. The van der Waals surface area contributed by atoms with Gasteiger partial charge < -0.3 is 10.2 Å². The Morgan fingerprint density at radius 3 is 2.17 bits per heavy atom. The average Bonchev–Trinajstić information content (AvgIpc) is 2.71. The van der Waals surface area contributed by atoms with Gasteiger partial charge in [-0.05, 0) is 54.3 Å². The summed E-state index contributed by atoms with van der Waals surface area (Å²) in [5.41, 5.74) is 2.75. The number of carbonyl (C=O) groups excluding carboxylic acids is 1. The zero-order valence-corrected chi connectivity index (χ0v) is 18.4. The first-order valence-electron chi connectivity index (χ1n) is 9.76. The van der Waals surface area contributed by atoms with Crippen LogP contribution in [0, 0.1) is 11.6 Å². The molecule has 30 heavy (non-hydrogen) atoms. The predicted octanol–water partition coefficient (Wildman–Crippen LogP) is 6.24. The van der Waals surface area contributed by atoms with Gasteiger partial charge in [0.25, 0.3) is 5.91 Å². The van der Waals surface area contributed by atoms with Crippen LogP contribution in [0.15, 0.2) is 60.2 Å². The highest BCUT2D eigenvalue weighted by Gasteiger charge is 2.17. The van der Waals surface area contributed by atoms with Gasteiger partial charge in [0.05, 0.1) is 0 Å². The molecule has 0 saturated heterocycles. The predicted molar refractivity (Wildman–Crippen MR) is 124 cm³/mol. The first-order valence-corrected chi connectivity index (χ1v) is 10.2. The van der Waals surface area contributed by atoms with Crippen LogP contribution in [0.4, 0.5) is 14.5 Å². The van der Waals surface area contributed by atoms with E-state index in [1.54, 1.807) is 12.1 Å². The van der Waals surface area contributed by atoms with Crippen molar-refractivity contribution >= 4 is 34.4 Å². The summed E-state index contributed by atoms with van der Waals surface area (Å²) in [7, 11) is 3.89. The van der Waals surface area contributed by atoms with E-state index in [0.29, 0.717) is 5.69 Å². The van der Waals surface area contributed by atoms with Gasteiger partial charge in [-0.3, -0.25) is 4.79 Å². The molecule has 0 atom stereocenters. The second kappa shape index (κ2) is 10.8. The Kier molecular flexibility index (Phi) is 8.42. The molecule has 3 nitrogen and oxygen atoms in total. The van der Waals surface area contributed by atoms with Crippen molar-refractivity contribution in [1.82, 2.24) is 4.90 Å². The number of thiocarbonyl (C=S) groups is 1. The van der Waals surface area contributed by atoms with Crippen molar-refractivity contribution in [3.8, 4) is 0 Å². The third kappa shape index (κ3) is 5.83. The quantitative estimate of drug-likeness (QED) is 0.307. The fraction of sp³-hybridized carbons (Fsp3) is 0.250. The van der Waals surface area contributed by atoms with Crippen LogP contribution in [0.2, 0.25) is 0 Å². The summed E-state index contributed by atoms with van der Waals surface area (Å²) in [6.07, 6.45) is 5.82. The van der Waals surface area contributed by atoms with Crippen LogP contribution in [0.3, 0.4) is 0 Å². The Morgan fingerprint density at radius 2 is 1.67 bits per heavy atom. The van der Waals surface area contributed by atoms with Gasteiger partial charge in [0.2, 0.25) is 0 Å². The largest absolute Gasteiger partial charge is 0.377 e. The molecular formula is C24H26F2N2OS.